The highest BCUT2D eigenvalue weighted by Crippen LogP contribution is 2.44. The summed E-state index contributed by atoms with van der Waals surface area (Å²) in [7, 11) is 0. The zero-order valence-corrected chi connectivity index (χ0v) is 21.9. The smallest absolute Gasteiger partial charge is 0.328 e. The molecule has 0 saturated heterocycles. The average molecular weight is 520 g/mol. The van der Waals surface area contributed by atoms with Crippen molar-refractivity contribution in [1.29, 1.82) is 0 Å². The maximum Gasteiger partial charge on any atom is 0.328 e. The van der Waals surface area contributed by atoms with Crippen LogP contribution in [-0.4, -0.2) is 52.9 Å². The van der Waals surface area contributed by atoms with E-state index in [9.17, 15) is 14.4 Å². The molecular formula is C28H33N5O5. The fourth-order valence-corrected chi connectivity index (χ4v) is 4.69. The SMILES string of the molecule is CCOC(=O)[C@@H](NC(=O)c1cnc(-c2cccc(C3=NN=C(C(=O)NC(C4CC4)C4CC4)C3)c2)o1)C(C)C. The topological polar surface area (TPSA) is 135 Å². The molecule has 1 atom stereocenters. The number of rotatable bonds is 11. The van der Waals surface area contributed by atoms with Crippen LogP contribution in [0.2, 0.25) is 0 Å². The van der Waals surface area contributed by atoms with Gasteiger partial charge in [0.2, 0.25) is 11.7 Å². The Morgan fingerprint density at radius 3 is 2.39 bits per heavy atom. The van der Waals surface area contributed by atoms with Gasteiger partial charge in [0.05, 0.1) is 18.5 Å². The molecule has 0 radical (unpaired) electrons. The fourth-order valence-electron chi connectivity index (χ4n) is 4.69. The lowest BCUT2D eigenvalue weighted by atomic mass is 10.0. The van der Waals surface area contributed by atoms with Crippen molar-refractivity contribution in [3.8, 4) is 11.5 Å². The van der Waals surface area contributed by atoms with Crippen LogP contribution < -0.4 is 10.6 Å². The minimum atomic E-state index is -0.796. The molecule has 2 amide bonds. The van der Waals surface area contributed by atoms with Gasteiger partial charge in [0, 0.05) is 18.0 Å². The maximum atomic E-state index is 12.8. The van der Waals surface area contributed by atoms with Gasteiger partial charge >= 0.3 is 5.97 Å². The lowest BCUT2D eigenvalue weighted by molar-refractivity contribution is -0.146. The first kappa shape index (κ1) is 25.8. The molecule has 10 heteroatoms. The number of nitrogens with one attached hydrogen (secondary N) is 2. The van der Waals surface area contributed by atoms with Crippen LogP contribution in [0.3, 0.4) is 0 Å². The van der Waals surface area contributed by atoms with Gasteiger partial charge in [-0.2, -0.15) is 5.10 Å². The van der Waals surface area contributed by atoms with Gasteiger partial charge in [-0.3, -0.25) is 9.59 Å². The van der Waals surface area contributed by atoms with Crippen molar-refractivity contribution in [2.75, 3.05) is 6.61 Å². The van der Waals surface area contributed by atoms with Crippen LogP contribution >= 0.6 is 0 Å². The Bertz CT molecular complexity index is 1280. The minimum absolute atomic E-state index is 0.0123. The molecule has 2 aromatic rings. The molecule has 2 aliphatic carbocycles. The van der Waals surface area contributed by atoms with E-state index < -0.39 is 17.9 Å². The van der Waals surface area contributed by atoms with Crippen LogP contribution in [0.4, 0.5) is 0 Å². The maximum absolute atomic E-state index is 12.8. The third kappa shape index (κ3) is 5.84. The quantitative estimate of drug-likeness (QED) is 0.436. The zero-order valence-electron chi connectivity index (χ0n) is 21.9. The van der Waals surface area contributed by atoms with E-state index in [1.165, 1.54) is 31.9 Å². The summed E-state index contributed by atoms with van der Waals surface area (Å²) in [5.74, 6) is 0.129. The van der Waals surface area contributed by atoms with E-state index in [-0.39, 0.29) is 36.1 Å². The molecule has 2 fully saturated rings. The van der Waals surface area contributed by atoms with Crippen molar-refractivity contribution >= 4 is 29.2 Å². The lowest BCUT2D eigenvalue weighted by Gasteiger charge is -2.19. The fraction of sp³-hybridized carbons (Fsp3) is 0.500. The Balaban J connectivity index is 1.22. The van der Waals surface area contributed by atoms with E-state index in [1.54, 1.807) is 6.92 Å². The highest BCUT2D eigenvalue weighted by Gasteiger charge is 2.42. The number of oxazole rings is 1. The molecule has 2 N–H and O–H groups in total. The molecule has 3 aliphatic rings. The van der Waals surface area contributed by atoms with E-state index in [0.29, 0.717) is 35.2 Å². The highest BCUT2D eigenvalue weighted by molar-refractivity contribution is 6.44. The number of aromatic nitrogens is 1. The highest BCUT2D eigenvalue weighted by atomic mass is 16.5. The second kappa shape index (κ2) is 10.9. The molecule has 200 valence electrons. The number of nitrogens with zero attached hydrogens (tertiary/aromatic N) is 3. The molecule has 5 rings (SSSR count). The predicted octanol–water partition coefficient (Wildman–Crippen LogP) is 3.51. The minimum Gasteiger partial charge on any atom is -0.464 e. The number of carbonyl (C=O) groups excluding carboxylic acids is 3. The molecule has 2 heterocycles. The van der Waals surface area contributed by atoms with E-state index in [2.05, 4.69) is 25.8 Å². The van der Waals surface area contributed by atoms with Crippen LogP contribution in [0, 0.1) is 17.8 Å². The number of benzene rings is 1. The van der Waals surface area contributed by atoms with Gasteiger partial charge in [-0.05, 0) is 68.1 Å². The van der Waals surface area contributed by atoms with Crippen LogP contribution in [0.25, 0.3) is 11.5 Å². The van der Waals surface area contributed by atoms with E-state index in [0.717, 1.165) is 5.56 Å². The number of hydrogen-bond donors (Lipinski definition) is 2. The third-order valence-electron chi connectivity index (χ3n) is 7.11. The van der Waals surface area contributed by atoms with Gasteiger partial charge < -0.3 is 19.8 Å². The zero-order chi connectivity index (χ0) is 26.8. The molecule has 0 unspecified atom stereocenters. The first-order chi connectivity index (χ1) is 18.3. The third-order valence-corrected chi connectivity index (χ3v) is 7.11. The monoisotopic (exact) mass is 519 g/mol. The van der Waals surface area contributed by atoms with Crippen molar-refractivity contribution in [2.45, 2.75) is 65.0 Å². The molecule has 1 aromatic heterocycles. The predicted molar refractivity (Wildman–Crippen MR) is 141 cm³/mol. The Morgan fingerprint density at radius 1 is 1.03 bits per heavy atom. The standard InChI is InChI=1S/C28H33N5O5/c1-4-37-28(36)23(15(2)3)30-26(35)22-14-29-27(38-22)19-7-5-6-18(12-19)20-13-21(33-32-20)25(34)31-24(16-8-9-16)17-10-11-17/h5-7,12,14-17,23-24H,4,8-11,13H2,1-3H3,(H,30,35)(H,31,34)/t23-/m0/s1. The largest absolute Gasteiger partial charge is 0.464 e. The first-order valence-electron chi connectivity index (χ1n) is 13.3. The summed E-state index contributed by atoms with van der Waals surface area (Å²) in [6.07, 6.45) is 6.44. The first-order valence-corrected chi connectivity index (χ1v) is 13.3. The molecule has 0 spiro atoms. The lowest BCUT2D eigenvalue weighted by Crippen LogP contribution is -2.45. The number of hydrogen-bond acceptors (Lipinski definition) is 8. The molecule has 10 nitrogen and oxygen atoms in total. The second-order valence-corrected chi connectivity index (χ2v) is 10.5. The number of amides is 2. The number of carbonyl (C=O) groups is 3. The van der Waals surface area contributed by atoms with Crippen molar-refractivity contribution in [3.63, 3.8) is 0 Å². The molecule has 1 aliphatic heterocycles. The Hall–Kier alpha value is -3.82. The van der Waals surface area contributed by atoms with Crippen LogP contribution in [0.5, 0.6) is 0 Å². The molecule has 2 saturated carbocycles. The molecule has 1 aromatic carbocycles. The van der Waals surface area contributed by atoms with Crippen molar-refractivity contribution < 1.29 is 23.5 Å². The second-order valence-electron chi connectivity index (χ2n) is 10.5. The summed E-state index contributed by atoms with van der Waals surface area (Å²) in [5.41, 5.74) is 2.55. The summed E-state index contributed by atoms with van der Waals surface area (Å²) in [4.78, 5) is 42.0. The normalized spacial score (nSPS) is 17.7. The van der Waals surface area contributed by atoms with Crippen molar-refractivity contribution in [3.05, 3.63) is 41.8 Å². The Labute approximate surface area is 221 Å². The van der Waals surface area contributed by atoms with Crippen LogP contribution in [0.15, 0.2) is 45.1 Å². The van der Waals surface area contributed by atoms with Crippen molar-refractivity contribution in [2.24, 2.45) is 28.0 Å². The van der Waals surface area contributed by atoms with Gasteiger partial charge in [0.1, 0.15) is 11.8 Å². The summed E-state index contributed by atoms with van der Waals surface area (Å²) in [6.45, 7) is 5.58. The summed E-state index contributed by atoms with van der Waals surface area (Å²) in [6, 6.07) is 6.85. The molecule has 38 heavy (non-hydrogen) atoms. The van der Waals surface area contributed by atoms with Gasteiger partial charge in [0.15, 0.2) is 0 Å². The molecule has 0 bridgehead atoms. The number of ether oxygens (including phenoxy) is 1. The van der Waals surface area contributed by atoms with Gasteiger partial charge in [-0.1, -0.05) is 26.0 Å². The van der Waals surface area contributed by atoms with Gasteiger partial charge in [-0.25, -0.2) is 9.78 Å². The average Bonchev–Trinajstić information content (AvgIpc) is 3.83. The summed E-state index contributed by atoms with van der Waals surface area (Å²) < 4.78 is 10.8. The van der Waals surface area contributed by atoms with E-state index in [1.807, 2.05) is 38.1 Å². The number of esters is 1. The van der Waals surface area contributed by atoms with Crippen LogP contribution in [0.1, 0.15) is 69.0 Å². The van der Waals surface area contributed by atoms with E-state index >= 15 is 0 Å². The van der Waals surface area contributed by atoms with E-state index in [4.69, 9.17) is 9.15 Å². The van der Waals surface area contributed by atoms with Gasteiger partial charge in [-0.15, -0.1) is 5.10 Å². The van der Waals surface area contributed by atoms with Crippen LogP contribution in [-0.2, 0) is 14.3 Å². The van der Waals surface area contributed by atoms with Gasteiger partial charge in [0.25, 0.3) is 11.8 Å². The summed E-state index contributed by atoms with van der Waals surface area (Å²) >= 11 is 0. The summed E-state index contributed by atoms with van der Waals surface area (Å²) in [5, 5.41) is 14.3. The Morgan fingerprint density at radius 2 is 1.74 bits per heavy atom. The van der Waals surface area contributed by atoms with Crippen molar-refractivity contribution in [1.82, 2.24) is 15.6 Å². The Kier molecular flexibility index (Phi) is 7.40. The molecular weight excluding hydrogens is 486 g/mol.